The summed E-state index contributed by atoms with van der Waals surface area (Å²) in [5, 5.41) is 0. The van der Waals surface area contributed by atoms with E-state index in [0.29, 0.717) is 19.3 Å². The van der Waals surface area contributed by atoms with Crippen LogP contribution in [0.5, 0.6) is 0 Å². The van der Waals surface area contributed by atoms with Gasteiger partial charge in [-0.25, -0.2) is 0 Å². The zero-order valence-corrected chi connectivity index (χ0v) is 53.3. The maximum Gasteiger partial charge on any atom is 0.306 e. The Hall–Kier alpha value is -3.93. The minimum atomic E-state index is -0.780. The van der Waals surface area contributed by atoms with E-state index < -0.39 is 6.10 Å². The third kappa shape index (κ3) is 66.8. The lowest BCUT2D eigenvalue weighted by atomic mass is 10.0. The SMILES string of the molecule is CC/C=C\C/C=C\C/C=C\C/C=C\C/C=C\C/C=C\C/C=C\C/C=C\C/C=C\CCCCCCCCCC(=O)OCC(COC(=O)CCCCCCCCCCCCCCCC)OC(=O)CCCCCCCCCCCCCCCC. The van der Waals surface area contributed by atoms with Crippen LogP contribution in [0.2, 0.25) is 0 Å². The molecule has 0 aliphatic heterocycles. The second kappa shape index (κ2) is 68.6. The molecule has 0 saturated carbocycles. The number of hydrogen-bond donors (Lipinski definition) is 0. The highest BCUT2D eigenvalue weighted by atomic mass is 16.6. The van der Waals surface area contributed by atoms with Crippen LogP contribution < -0.4 is 0 Å². The Bertz CT molecular complexity index is 1620. The van der Waals surface area contributed by atoms with Gasteiger partial charge in [0.05, 0.1) is 0 Å². The van der Waals surface area contributed by atoms with Gasteiger partial charge in [-0.3, -0.25) is 14.4 Å². The van der Waals surface area contributed by atoms with Gasteiger partial charge in [-0.2, -0.15) is 0 Å². The third-order valence-electron chi connectivity index (χ3n) is 14.8. The van der Waals surface area contributed by atoms with Crippen LogP contribution in [0, 0.1) is 0 Å². The number of carbonyl (C=O) groups excluding carboxylic acids is 3. The number of ether oxygens (including phenoxy) is 3. The summed E-state index contributed by atoms with van der Waals surface area (Å²) in [6, 6.07) is 0. The van der Waals surface area contributed by atoms with Crippen molar-refractivity contribution in [3.8, 4) is 0 Å². The number of rotatable bonds is 62. The lowest BCUT2D eigenvalue weighted by Gasteiger charge is -2.18. The molecule has 81 heavy (non-hydrogen) atoms. The molecule has 1 atom stereocenters. The summed E-state index contributed by atoms with van der Waals surface area (Å²) in [5.41, 5.74) is 0. The summed E-state index contributed by atoms with van der Waals surface area (Å²) in [5.74, 6) is -0.873. The molecule has 464 valence electrons. The second-order valence-electron chi connectivity index (χ2n) is 22.7. The van der Waals surface area contributed by atoms with Crippen molar-refractivity contribution in [1.29, 1.82) is 0 Å². The normalized spacial score (nSPS) is 12.8. The molecule has 6 nitrogen and oxygen atoms in total. The molecule has 0 fully saturated rings. The molecule has 1 unspecified atom stereocenters. The molecule has 6 heteroatoms. The van der Waals surface area contributed by atoms with E-state index in [4.69, 9.17) is 14.2 Å². The van der Waals surface area contributed by atoms with E-state index in [-0.39, 0.29) is 31.1 Å². The highest BCUT2D eigenvalue weighted by molar-refractivity contribution is 5.71. The number of unbranched alkanes of at least 4 members (excludes halogenated alkanes) is 33. The molecule has 0 aliphatic rings. The second-order valence-corrected chi connectivity index (χ2v) is 22.7. The van der Waals surface area contributed by atoms with E-state index >= 15 is 0 Å². The minimum Gasteiger partial charge on any atom is -0.462 e. The van der Waals surface area contributed by atoms with E-state index in [1.54, 1.807) is 0 Å². The predicted molar refractivity (Wildman–Crippen MR) is 353 cm³/mol. The lowest BCUT2D eigenvalue weighted by molar-refractivity contribution is -0.167. The van der Waals surface area contributed by atoms with Gasteiger partial charge in [-0.15, -0.1) is 0 Å². The highest BCUT2D eigenvalue weighted by Gasteiger charge is 2.19. The van der Waals surface area contributed by atoms with E-state index in [0.717, 1.165) is 122 Å². The monoisotopic (exact) mass is 1120 g/mol. The predicted octanol–water partition coefficient (Wildman–Crippen LogP) is 23.8. The molecule has 0 aromatic heterocycles. The average Bonchev–Trinajstić information content (AvgIpc) is 3.47. The van der Waals surface area contributed by atoms with Crippen LogP contribution in [0.1, 0.15) is 329 Å². The third-order valence-corrected chi connectivity index (χ3v) is 14.8. The molecule has 0 heterocycles. The van der Waals surface area contributed by atoms with Gasteiger partial charge in [-0.1, -0.05) is 329 Å². The Balaban J connectivity index is 4.24. The fourth-order valence-corrected chi connectivity index (χ4v) is 9.67. The van der Waals surface area contributed by atoms with Crippen LogP contribution in [-0.2, 0) is 28.6 Å². The van der Waals surface area contributed by atoms with Crippen molar-refractivity contribution < 1.29 is 28.6 Å². The van der Waals surface area contributed by atoms with Crippen molar-refractivity contribution >= 4 is 17.9 Å². The molecule has 0 aromatic rings. The lowest BCUT2D eigenvalue weighted by Crippen LogP contribution is -2.30. The van der Waals surface area contributed by atoms with Crippen molar-refractivity contribution in [1.82, 2.24) is 0 Å². The Morgan fingerprint density at radius 3 is 0.753 bits per heavy atom. The quantitative estimate of drug-likeness (QED) is 0.0261. The van der Waals surface area contributed by atoms with Gasteiger partial charge in [0, 0.05) is 19.3 Å². The number of hydrogen-bond acceptors (Lipinski definition) is 6. The van der Waals surface area contributed by atoms with Crippen LogP contribution in [0.15, 0.2) is 109 Å². The molecule has 0 rings (SSSR count). The summed E-state index contributed by atoms with van der Waals surface area (Å²) in [7, 11) is 0. The Labute approximate surface area is 501 Å². The van der Waals surface area contributed by atoms with Gasteiger partial charge in [0.15, 0.2) is 6.10 Å². The van der Waals surface area contributed by atoms with Crippen LogP contribution in [0.4, 0.5) is 0 Å². The summed E-state index contributed by atoms with van der Waals surface area (Å²) in [4.78, 5) is 38.3. The summed E-state index contributed by atoms with van der Waals surface area (Å²) in [6.45, 7) is 6.55. The van der Waals surface area contributed by atoms with Crippen LogP contribution in [0.3, 0.4) is 0 Å². The maximum absolute atomic E-state index is 12.9. The van der Waals surface area contributed by atoms with Crippen LogP contribution in [-0.4, -0.2) is 37.2 Å². The minimum absolute atomic E-state index is 0.0762. The van der Waals surface area contributed by atoms with E-state index in [9.17, 15) is 14.4 Å². The Kier molecular flexibility index (Phi) is 65.2. The number of esters is 3. The van der Waals surface area contributed by atoms with Crippen molar-refractivity contribution in [3.05, 3.63) is 109 Å². The summed E-state index contributed by atoms with van der Waals surface area (Å²) in [6.07, 6.45) is 93.9. The zero-order chi connectivity index (χ0) is 58.5. The van der Waals surface area contributed by atoms with Crippen LogP contribution in [0.25, 0.3) is 0 Å². The smallest absolute Gasteiger partial charge is 0.306 e. The van der Waals surface area contributed by atoms with Gasteiger partial charge >= 0.3 is 17.9 Å². The molecular weight excluding hydrogens is 997 g/mol. The first-order valence-electron chi connectivity index (χ1n) is 34.4. The molecule has 0 radical (unpaired) electrons. The molecule has 0 bridgehead atoms. The van der Waals surface area contributed by atoms with Gasteiger partial charge in [0.2, 0.25) is 0 Å². The van der Waals surface area contributed by atoms with Gasteiger partial charge in [0.25, 0.3) is 0 Å². The van der Waals surface area contributed by atoms with Gasteiger partial charge in [0.1, 0.15) is 13.2 Å². The Morgan fingerprint density at radius 2 is 0.481 bits per heavy atom. The zero-order valence-electron chi connectivity index (χ0n) is 53.3. The van der Waals surface area contributed by atoms with E-state index in [1.165, 1.54) is 167 Å². The molecule has 0 saturated heterocycles. The molecule has 0 amide bonds. The first-order chi connectivity index (χ1) is 40.0. The highest BCUT2D eigenvalue weighted by Crippen LogP contribution is 2.17. The van der Waals surface area contributed by atoms with Crippen LogP contribution >= 0.6 is 0 Å². The van der Waals surface area contributed by atoms with Gasteiger partial charge < -0.3 is 14.2 Å². The molecule has 0 aromatic carbocycles. The van der Waals surface area contributed by atoms with Crippen molar-refractivity contribution in [2.75, 3.05) is 13.2 Å². The average molecular weight is 1130 g/mol. The first-order valence-corrected chi connectivity index (χ1v) is 34.4. The molecule has 0 aliphatic carbocycles. The van der Waals surface area contributed by atoms with E-state index in [2.05, 4.69) is 130 Å². The first kappa shape index (κ1) is 77.1. The molecule has 0 N–H and O–H groups in total. The number of allylic oxidation sites excluding steroid dienone is 18. The standard InChI is InChI=1S/C75H128O6/c1-4-7-10-13-16-19-22-25-28-29-30-31-32-33-34-35-36-37-38-39-40-41-42-43-44-45-46-47-48-51-53-56-59-62-65-68-74(77)80-71-72(81-75(78)69-66-63-60-57-54-50-27-24-21-18-15-12-9-6-3)70-79-73(76)67-64-61-58-55-52-49-26-23-20-17-14-11-8-5-2/h7,10,16,19,25,28,30-31,33-34,36-37,39-40,42-43,45-46,72H,4-6,8-9,11-15,17-18,20-24,26-27,29,32,35,38,41,44,47-71H2,1-3H3/b10-7-,19-16-,28-25-,31-30-,34-33-,37-36-,40-39-,43-42-,46-45-. The fraction of sp³-hybridized carbons (Fsp3) is 0.720. The summed E-state index contributed by atoms with van der Waals surface area (Å²) < 4.78 is 16.9. The Morgan fingerprint density at radius 1 is 0.259 bits per heavy atom. The van der Waals surface area contributed by atoms with Crippen molar-refractivity contribution in [2.45, 2.75) is 335 Å². The summed E-state index contributed by atoms with van der Waals surface area (Å²) >= 11 is 0. The van der Waals surface area contributed by atoms with Crippen molar-refractivity contribution in [2.24, 2.45) is 0 Å². The fourth-order valence-electron chi connectivity index (χ4n) is 9.67. The maximum atomic E-state index is 12.9. The largest absolute Gasteiger partial charge is 0.462 e. The van der Waals surface area contributed by atoms with Gasteiger partial charge in [-0.05, 0) is 89.9 Å². The molecule has 0 spiro atoms. The van der Waals surface area contributed by atoms with E-state index in [1.807, 2.05) is 0 Å². The molecular formula is C75H128O6. The topological polar surface area (TPSA) is 78.9 Å². The van der Waals surface area contributed by atoms with Crippen molar-refractivity contribution in [3.63, 3.8) is 0 Å². The number of carbonyl (C=O) groups is 3.